The number of carbonyl (C=O) groups excluding carboxylic acids is 1. The lowest BCUT2D eigenvalue weighted by molar-refractivity contribution is -0.177. The van der Waals surface area contributed by atoms with Gasteiger partial charge in [0.05, 0.1) is 29.5 Å². The first kappa shape index (κ1) is 43.6. The smallest absolute Gasteiger partial charge is 0.425 e. The van der Waals surface area contributed by atoms with Gasteiger partial charge in [0.25, 0.3) is 5.91 Å². The molecule has 0 radical (unpaired) electrons. The molecule has 3 aromatic rings. The molecule has 0 saturated carbocycles. The van der Waals surface area contributed by atoms with Crippen molar-refractivity contribution in [2.75, 3.05) is 26.2 Å². The highest BCUT2D eigenvalue weighted by atomic mass is 32.1. The first-order chi connectivity index (χ1) is 26.2. The quantitative estimate of drug-likeness (QED) is 0.0754. The Morgan fingerprint density at radius 3 is 2.32 bits per heavy atom. The lowest BCUT2D eigenvalue weighted by Crippen LogP contribution is -2.68. The fourth-order valence-electron chi connectivity index (χ4n) is 7.68. The number of halogens is 6. The van der Waals surface area contributed by atoms with Crippen LogP contribution in [0.3, 0.4) is 0 Å². The van der Waals surface area contributed by atoms with Crippen LogP contribution in [0.25, 0.3) is 0 Å². The van der Waals surface area contributed by atoms with E-state index in [1.165, 1.54) is 9.80 Å². The topological polar surface area (TPSA) is 136 Å². The van der Waals surface area contributed by atoms with Crippen LogP contribution < -0.4 is 9.47 Å². The number of aliphatic hydroxyl groups is 4. The van der Waals surface area contributed by atoms with E-state index in [1.54, 1.807) is 45.0 Å². The molecule has 5 rings (SSSR count). The summed E-state index contributed by atoms with van der Waals surface area (Å²) in [6.07, 6.45) is -10.2. The molecule has 3 atom stereocenters. The van der Waals surface area contributed by atoms with E-state index < -0.39 is 69.6 Å². The number of thiophene rings is 1. The van der Waals surface area contributed by atoms with Gasteiger partial charge in [-0.05, 0) is 63.1 Å². The maximum absolute atomic E-state index is 15.0. The molecule has 56 heavy (non-hydrogen) atoms. The van der Waals surface area contributed by atoms with E-state index in [-0.39, 0.29) is 64.1 Å². The van der Waals surface area contributed by atoms with Gasteiger partial charge in [-0.2, -0.15) is 26.3 Å². The SMILES string of the molecule is CCCC1N(C(O)c2ncccc2C(F)(F)F)CCCC1(Oc1csc(C(F)(F)F)c1)C(=O)N1CCC(O)(c2ccccc2OCCCC(C)(C)C(O)O)CC1. The molecule has 2 saturated heterocycles. The maximum Gasteiger partial charge on any atom is 0.425 e. The number of hydrogen-bond donors (Lipinski definition) is 4. The number of aliphatic hydroxyl groups excluding tert-OH is 2. The first-order valence-corrected chi connectivity index (χ1v) is 19.5. The van der Waals surface area contributed by atoms with Gasteiger partial charge < -0.3 is 34.8 Å². The van der Waals surface area contributed by atoms with Crippen LogP contribution in [-0.4, -0.2) is 85.3 Å². The van der Waals surface area contributed by atoms with Crippen molar-refractivity contribution in [3.05, 3.63) is 75.7 Å². The maximum atomic E-state index is 15.0. The predicted molar refractivity (Wildman–Crippen MR) is 194 cm³/mol. The number of amides is 1. The lowest BCUT2D eigenvalue weighted by Gasteiger charge is -2.52. The Hall–Kier alpha value is -3.48. The highest BCUT2D eigenvalue weighted by molar-refractivity contribution is 7.10. The Labute approximate surface area is 325 Å². The zero-order chi connectivity index (χ0) is 41.1. The van der Waals surface area contributed by atoms with E-state index in [4.69, 9.17) is 9.47 Å². The van der Waals surface area contributed by atoms with Crippen molar-refractivity contribution < 1.29 is 61.0 Å². The second-order valence-electron chi connectivity index (χ2n) is 15.2. The average molecular weight is 818 g/mol. The zero-order valence-corrected chi connectivity index (χ0v) is 32.3. The van der Waals surface area contributed by atoms with Gasteiger partial charge in [0.15, 0.2) is 12.5 Å². The molecule has 10 nitrogen and oxygen atoms in total. The average Bonchev–Trinajstić information content (AvgIpc) is 3.63. The van der Waals surface area contributed by atoms with Gasteiger partial charge >= 0.3 is 12.4 Å². The molecule has 2 aliphatic heterocycles. The monoisotopic (exact) mass is 817 g/mol. The Morgan fingerprint density at radius 1 is 1.00 bits per heavy atom. The number of benzene rings is 1. The Bertz CT molecular complexity index is 1780. The fourth-order valence-corrected chi connectivity index (χ4v) is 8.35. The molecule has 3 unspecified atom stereocenters. The molecule has 1 aromatic carbocycles. The second-order valence-corrected chi connectivity index (χ2v) is 16.1. The van der Waals surface area contributed by atoms with Crippen molar-refractivity contribution in [2.45, 2.75) is 114 Å². The van der Waals surface area contributed by atoms with Crippen LogP contribution in [0.4, 0.5) is 26.3 Å². The predicted octanol–water partition coefficient (Wildman–Crippen LogP) is 7.26. The third-order valence-electron chi connectivity index (χ3n) is 10.9. The van der Waals surface area contributed by atoms with Crippen LogP contribution in [0.15, 0.2) is 54.0 Å². The minimum atomic E-state index is -4.86. The number of nitrogens with zero attached hydrogens (tertiary/aromatic N) is 3. The Kier molecular flexibility index (Phi) is 13.4. The number of para-hydroxylation sites is 1. The standard InChI is InChI=1S/C39H49F6N3O7S/c1-4-10-29-37(55-25-23-30(56-24-25)39(43,44)45,15-8-19-48(29)32(49)31-27(38(40,41)42)12-7-18-46-31)33(50)47-20-16-36(53,17-21-47)26-11-5-6-13-28(26)54-22-9-14-35(2,3)34(51)52/h5-7,11-13,18,23-24,29,32,34,49,51-53H,4,8-10,14-17,19-22H2,1-3H3. The van der Waals surface area contributed by atoms with Crippen molar-refractivity contribution in [1.82, 2.24) is 14.8 Å². The lowest BCUT2D eigenvalue weighted by atomic mass is 9.78. The van der Waals surface area contributed by atoms with Gasteiger partial charge in [0.1, 0.15) is 16.4 Å². The summed E-state index contributed by atoms with van der Waals surface area (Å²) < 4.78 is 95.8. The zero-order valence-electron chi connectivity index (χ0n) is 31.4. The summed E-state index contributed by atoms with van der Waals surface area (Å²) in [6, 6.07) is 8.51. The molecular formula is C39H49F6N3O7S. The largest absolute Gasteiger partial charge is 0.493 e. The molecular weight excluding hydrogens is 768 g/mol. The Morgan fingerprint density at radius 2 is 1.70 bits per heavy atom. The minimum Gasteiger partial charge on any atom is -0.493 e. The second kappa shape index (κ2) is 17.2. The van der Waals surface area contributed by atoms with Crippen molar-refractivity contribution in [3.63, 3.8) is 0 Å². The van der Waals surface area contributed by atoms with E-state index in [1.807, 2.05) is 0 Å². The van der Waals surface area contributed by atoms with Crippen LogP contribution in [-0.2, 0) is 22.7 Å². The van der Waals surface area contributed by atoms with E-state index in [0.29, 0.717) is 41.9 Å². The summed E-state index contributed by atoms with van der Waals surface area (Å²) in [5.41, 5.74) is -5.46. The molecule has 1 amide bonds. The Balaban J connectivity index is 1.44. The number of likely N-dealkylation sites (tertiary alicyclic amines) is 2. The van der Waals surface area contributed by atoms with Crippen molar-refractivity contribution in [3.8, 4) is 11.5 Å². The summed E-state index contributed by atoms with van der Waals surface area (Å²) in [5, 5.41) is 44.0. The van der Waals surface area contributed by atoms with Crippen LogP contribution >= 0.6 is 11.3 Å². The molecule has 4 N–H and O–H groups in total. The number of pyridine rings is 1. The summed E-state index contributed by atoms with van der Waals surface area (Å²) in [7, 11) is 0. The number of alkyl halides is 6. The number of carbonyl (C=O) groups is 1. The summed E-state index contributed by atoms with van der Waals surface area (Å²) >= 11 is 0.382. The van der Waals surface area contributed by atoms with Gasteiger partial charge in [0.2, 0.25) is 5.60 Å². The number of aromatic nitrogens is 1. The third kappa shape index (κ3) is 9.45. The number of piperidine rings is 2. The van der Waals surface area contributed by atoms with Crippen LogP contribution in [0.5, 0.6) is 11.5 Å². The molecule has 0 spiro atoms. The molecule has 4 heterocycles. The molecule has 17 heteroatoms. The van der Waals surface area contributed by atoms with E-state index in [2.05, 4.69) is 4.98 Å². The summed E-state index contributed by atoms with van der Waals surface area (Å²) in [6.45, 7) is 5.49. The molecule has 2 aromatic heterocycles. The minimum absolute atomic E-state index is 0.00530. The van der Waals surface area contributed by atoms with Gasteiger partial charge in [0, 0.05) is 48.3 Å². The number of hydrogen-bond acceptors (Lipinski definition) is 10. The summed E-state index contributed by atoms with van der Waals surface area (Å²) in [5.74, 6) is -0.439. The van der Waals surface area contributed by atoms with Crippen molar-refractivity contribution in [1.29, 1.82) is 0 Å². The van der Waals surface area contributed by atoms with Gasteiger partial charge in [-0.25, -0.2) is 0 Å². The van der Waals surface area contributed by atoms with Crippen LogP contribution in [0.1, 0.15) is 100 Å². The van der Waals surface area contributed by atoms with Crippen LogP contribution in [0.2, 0.25) is 0 Å². The van der Waals surface area contributed by atoms with E-state index in [0.717, 1.165) is 29.8 Å². The number of rotatable bonds is 14. The van der Waals surface area contributed by atoms with Crippen molar-refractivity contribution >= 4 is 17.2 Å². The van der Waals surface area contributed by atoms with Gasteiger partial charge in [-0.1, -0.05) is 45.4 Å². The molecule has 310 valence electrons. The highest BCUT2D eigenvalue weighted by Gasteiger charge is 2.57. The molecule has 0 bridgehead atoms. The van der Waals surface area contributed by atoms with Crippen LogP contribution in [0, 0.1) is 5.41 Å². The van der Waals surface area contributed by atoms with Gasteiger partial charge in [-0.15, -0.1) is 11.3 Å². The third-order valence-corrected chi connectivity index (χ3v) is 11.8. The molecule has 0 aliphatic carbocycles. The highest BCUT2D eigenvalue weighted by Crippen LogP contribution is 2.46. The van der Waals surface area contributed by atoms with E-state index in [9.17, 15) is 51.6 Å². The fraction of sp³-hybridized carbons (Fsp3) is 0.590. The molecule has 2 aliphatic rings. The number of ether oxygens (including phenoxy) is 2. The van der Waals surface area contributed by atoms with E-state index >= 15 is 0 Å². The van der Waals surface area contributed by atoms with Gasteiger partial charge in [-0.3, -0.25) is 14.7 Å². The first-order valence-electron chi connectivity index (χ1n) is 18.6. The normalized spacial score (nSPS) is 21.6. The molecule has 2 fully saturated rings. The van der Waals surface area contributed by atoms with Crippen molar-refractivity contribution in [2.24, 2.45) is 5.41 Å². The summed E-state index contributed by atoms with van der Waals surface area (Å²) in [4.78, 5) is 20.7.